The van der Waals surface area contributed by atoms with E-state index in [0.717, 1.165) is 0 Å². The quantitative estimate of drug-likeness (QED) is 0.531. The first-order valence-corrected chi connectivity index (χ1v) is 6.64. The SMILES string of the molecule is CN(C(=O)c1ccc([N+](=O)[O-])cc1)C(=S)Nc1ccccn1. The lowest BCUT2D eigenvalue weighted by atomic mass is 10.2. The van der Waals surface area contributed by atoms with E-state index in [0.29, 0.717) is 11.4 Å². The van der Waals surface area contributed by atoms with Gasteiger partial charge < -0.3 is 5.32 Å². The average molecular weight is 316 g/mol. The zero-order chi connectivity index (χ0) is 16.1. The summed E-state index contributed by atoms with van der Waals surface area (Å²) in [5, 5.41) is 13.6. The number of nitrogens with one attached hydrogen (secondary N) is 1. The zero-order valence-corrected chi connectivity index (χ0v) is 12.4. The van der Waals surface area contributed by atoms with Gasteiger partial charge in [0, 0.05) is 30.9 Å². The van der Waals surface area contributed by atoms with Crippen LogP contribution in [0.5, 0.6) is 0 Å². The van der Waals surface area contributed by atoms with Gasteiger partial charge in [0.2, 0.25) is 0 Å². The van der Waals surface area contributed by atoms with Crippen molar-refractivity contribution in [2.45, 2.75) is 0 Å². The van der Waals surface area contributed by atoms with Crippen LogP contribution in [0.1, 0.15) is 10.4 Å². The molecule has 0 atom stereocenters. The molecule has 22 heavy (non-hydrogen) atoms. The Kier molecular flexibility index (Phi) is 4.74. The number of carbonyl (C=O) groups is 1. The Labute approximate surface area is 131 Å². The van der Waals surface area contributed by atoms with Crippen molar-refractivity contribution in [3.05, 3.63) is 64.3 Å². The van der Waals surface area contributed by atoms with Crippen LogP contribution >= 0.6 is 12.2 Å². The molecule has 0 spiro atoms. The highest BCUT2D eigenvalue weighted by Crippen LogP contribution is 2.13. The summed E-state index contributed by atoms with van der Waals surface area (Å²) in [6, 6.07) is 10.6. The summed E-state index contributed by atoms with van der Waals surface area (Å²) in [7, 11) is 1.52. The van der Waals surface area contributed by atoms with Crippen LogP contribution in [-0.4, -0.2) is 32.9 Å². The van der Waals surface area contributed by atoms with Crippen LogP contribution in [0.2, 0.25) is 0 Å². The second kappa shape index (κ2) is 6.72. The molecule has 0 radical (unpaired) electrons. The molecule has 1 aromatic heterocycles. The molecule has 0 aliphatic heterocycles. The predicted molar refractivity (Wildman–Crippen MR) is 85.6 cm³/mol. The molecule has 2 aromatic rings. The number of nitro benzene ring substituents is 1. The number of rotatable bonds is 3. The van der Waals surface area contributed by atoms with E-state index >= 15 is 0 Å². The number of hydrogen-bond acceptors (Lipinski definition) is 5. The maximum absolute atomic E-state index is 12.3. The number of benzene rings is 1. The second-order valence-electron chi connectivity index (χ2n) is 4.31. The van der Waals surface area contributed by atoms with Gasteiger partial charge in [-0.05, 0) is 36.5 Å². The highest BCUT2D eigenvalue weighted by Gasteiger charge is 2.17. The Morgan fingerprint density at radius 3 is 2.50 bits per heavy atom. The van der Waals surface area contributed by atoms with Gasteiger partial charge in [0.1, 0.15) is 5.82 Å². The molecule has 0 fully saturated rings. The molecular weight excluding hydrogens is 304 g/mol. The van der Waals surface area contributed by atoms with E-state index in [-0.39, 0.29) is 16.7 Å². The maximum atomic E-state index is 12.3. The van der Waals surface area contributed by atoms with Crippen LogP contribution in [0.15, 0.2) is 48.7 Å². The molecule has 0 aliphatic carbocycles. The molecule has 0 unspecified atom stereocenters. The van der Waals surface area contributed by atoms with Gasteiger partial charge >= 0.3 is 0 Å². The number of nitro groups is 1. The van der Waals surface area contributed by atoms with Crippen molar-refractivity contribution >= 4 is 34.7 Å². The molecule has 8 heteroatoms. The average Bonchev–Trinajstić information content (AvgIpc) is 2.54. The summed E-state index contributed by atoms with van der Waals surface area (Å²) >= 11 is 5.15. The summed E-state index contributed by atoms with van der Waals surface area (Å²) in [6.45, 7) is 0. The number of hydrogen-bond donors (Lipinski definition) is 1. The Bertz CT molecular complexity index is 704. The highest BCUT2D eigenvalue weighted by atomic mass is 32.1. The number of nitrogens with zero attached hydrogens (tertiary/aromatic N) is 3. The second-order valence-corrected chi connectivity index (χ2v) is 4.70. The van der Waals surface area contributed by atoms with Crippen molar-refractivity contribution in [2.24, 2.45) is 0 Å². The molecule has 0 saturated heterocycles. The Balaban J connectivity index is 2.08. The monoisotopic (exact) mass is 316 g/mol. The smallest absolute Gasteiger partial charge is 0.269 e. The van der Waals surface area contributed by atoms with Gasteiger partial charge in [0.25, 0.3) is 11.6 Å². The standard InChI is InChI=1S/C14H12N4O3S/c1-17(14(22)16-12-4-2-3-9-15-12)13(19)10-5-7-11(8-6-10)18(20)21/h2-9H,1H3,(H,15,16,22). The molecule has 112 valence electrons. The molecule has 0 saturated carbocycles. The summed E-state index contributed by atoms with van der Waals surface area (Å²) in [4.78, 5) is 27.6. The van der Waals surface area contributed by atoms with E-state index in [1.54, 1.807) is 24.4 Å². The molecule has 2 rings (SSSR count). The summed E-state index contributed by atoms with van der Waals surface area (Å²) in [5.41, 5.74) is 0.228. The number of anilines is 1. The Morgan fingerprint density at radius 1 is 1.27 bits per heavy atom. The van der Waals surface area contributed by atoms with Crippen LogP contribution in [0.4, 0.5) is 11.5 Å². The van der Waals surface area contributed by atoms with E-state index in [1.807, 2.05) is 0 Å². The molecule has 1 amide bonds. The van der Waals surface area contributed by atoms with Crippen molar-refractivity contribution in [1.29, 1.82) is 0 Å². The Morgan fingerprint density at radius 2 is 1.95 bits per heavy atom. The molecule has 1 aromatic carbocycles. The molecule has 0 aliphatic rings. The van der Waals surface area contributed by atoms with Gasteiger partial charge in [-0.1, -0.05) is 6.07 Å². The first-order chi connectivity index (χ1) is 10.5. The van der Waals surface area contributed by atoms with Crippen molar-refractivity contribution in [1.82, 2.24) is 9.88 Å². The number of carbonyl (C=O) groups excluding carboxylic acids is 1. The topological polar surface area (TPSA) is 88.4 Å². The van der Waals surface area contributed by atoms with Gasteiger partial charge in [0.15, 0.2) is 5.11 Å². The molecule has 0 bridgehead atoms. The van der Waals surface area contributed by atoms with E-state index in [4.69, 9.17) is 12.2 Å². The van der Waals surface area contributed by atoms with Gasteiger partial charge in [-0.25, -0.2) is 4.98 Å². The first kappa shape index (κ1) is 15.5. The van der Waals surface area contributed by atoms with Gasteiger partial charge in [-0.15, -0.1) is 0 Å². The summed E-state index contributed by atoms with van der Waals surface area (Å²) in [5.74, 6) is 0.152. The third-order valence-corrected chi connectivity index (χ3v) is 3.21. The number of thiocarbonyl (C=S) groups is 1. The van der Waals surface area contributed by atoms with Crippen LogP contribution in [0, 0.1) is 10.1 Å². The van der Waals surface area contributed by atoms with Crippen LogP contribution in [0.25, 0.3) is 0 Å². The summed E-state index contributed by atoms with van der Waals surface area (Å²) in [6.07, 6.45) is 1.60. The molecular formula is C14H12N4O3S. The van der Waals surface area contributed by atoms with Crippen LogP contribution in [0.3, 0.4) is 0 Å². The number of amides is 1. The van der Waals surface area contributed by atoms with E-state index in [9.17, 15) is 14.9 Å². The molecule has 1 heterocycles. The van der Waals surface area contributed by atoms with Gasteiger partial charge in [0.05, 0.1) is 4.92 Å². The lowest BCUT2D eigenvalue weighted by molar-refractivity contribution is -0.384. The van der Waals surface area contributed by atoms with E-state index in [2.05, 4.69) is 10.3 Å². The minimum absolute atomic E-state index is 0.0756. The number of pyridine rings is 1. The van der Waals surface area contributed by atoms with Gasteiger partial charge in [-0.3, -0.25) is 19.8 Å². The third-order valence-electron chi connectivity index (χ3n) is 2.83. The lowest BCUT2D eigenvalue weighted by Crippen LogP contribution is -2.36. The normalized spacial score (nSPS) is 9.86. The van der Waals surface area contributed by atoms with Crippen molar-refractivity contribution < 1.29 is 9.72 Å². The number of non-ortho nitro benzene ring substituents is 1. The van der Waals surface area contributed by atoms with Crippen molar-refractivity contribution in [3.63, 3.8) is 0 Å². The van der Waals surface area contributed by atoms with Gasteiger partial charge in [-0.2, -0.15) is 0 Å². The third kappa shape index (κ3) is 3.61. The first-order valence-electron chi connectivity index (χ1n) is 6.23. The predicted octanol–water partition coefficient (Wildman–Crippen LogP) is 2.46. The molecule has 7 nitrogen and oxygen atoms in total. The number of aromatic nitrogens is 1. The van der Waals surface area contributed by atoms with E-state index in [1.165, 1.54) is 36.2 Å². The van der Waals surface area contributed by atoms with E-state index < -0.39 is 4.92 Å². The largest absolute Gasteiger partial charge is 0.317 e. The maximum Gasteiger partial charge on any atom is 0.269 e. The minimum atomic E-state index is -0.523. The van der Waals surface area contributed by atoms with Crippen LogP contribution in [-0.2, 0) is 0 Å². The summed E-state index contributed by atoms with van der Waals surface area (Å²) < 4.78 is 0. The highest BCUT2D eigenvalue weighted by molar-refractivity contribution is 7.80. The lowest BCUT2D eigenvalue weighted by Gasteiger charge is -2.18. The van der Waals surface area contributed by atoms with Crippen molar-refractivity contribution in [2.75, 3.05) is 12.4 Å². The minimum Gasteiger partial charge on any atom is -0.317 e. The molecule has 1 N–H and O–H groups in total. The van der Waals surface area contributed by atoms with Crippen molar-refractivity contribution in [3.8, 4) is 0 Å². The fraction of sp³-hybridized carbons (Fsp3) is 0.0714. The Hall–Kier alpha value is -2.87. The fourth-order valence-corrected chi connectivity index (χ4v) is 1.83. The fourth-order valence-electron chi connectivity index (χ4n) is 1.64. The zero-order valence-electron chi connectivity index (χ0n) is 11.6. The van der Waals surface area contributed by atoms with Crippen LogP contribution < -0.4 is 5.32 Å².